The van der Waals surface area contributed by atoms with E-state index < -0.39 is 29.3 Å². The van der Waals surface area contributed by atoms with E-state index in [0.717, 1.165) is 22.7 Å². The van der Waals surface area contributed by atoms with Crippen LogP contribution in [0.2, 0.25) is 0 Å². The number of rotatable bonds is 8. The molecule has 0 radical (unpaired) electrons. The van der Waals surface area contributed by atoms with Crippen molar-refractivity contribution in [1.29, 1.82) is 0 Å². The van der Waals surface area contributed by atoms with E-state index in [1.165, 1.54) is 17.0 Å². The summed E-state index contributed by atoms with van der Waals surface area (Å²) in [5, 5.41) is 12.9. The number of phenols is 1. The van der Waals surface area contributed by atoms with Crippen LogP contribution in [0.5, 0.6) is 5.75 Å². The van der Waals surface area contributed by atoms with Crippen molar-refractivity contribution < 1.29 is 19.5 Å². The first-order chi connectivity index (χ1) is 16.9. The molecule has 0 saturated heterocycles. The molecule has 6 N–H and O–H groups in total. The summed E-state index contributed by atoms with van der Waals surface area (Å²) in [4.78, 5) is 40.9. The molecule has 36 heavy (non-hydrogen) atoms. The van der Waals surface area contributed by atoms with Crippen LogP contribution in [-0.2, 0) is 4.79 Å². The van der Waals surface area contributed by atoms with Crippen LogP contribution in [0, 0.1) is 13.8 Å². The van der Waals surface area contributed by atoms with E-state index in [0.29, 0.717) is 17.7 Å². The Kier molecular flexibility index (Phi) is 7.68. The highest BCUT2D eigenvalue weighted by Gasteiger charge is 2.37. The molecule has 0 spiro atoms. The molecule has 9 nitrogen and oxygen atoms in total. The molecule has 1 unspecified atom stereocenters. The number of anilines is 2. The predicted octanol–water partition coefficient (Wildman–Crippen LogP) is 3.84. The number of primary amides is 1. The number of carbonyl (C=O) groups excluding carboxylic acids is 3. The highest BCUT2D eigenvalue weighted by molar-refractivity contribution is 7.09. The van der Waals surface area contributed by atoms with Gasteiger partial charge in [0.05, 0.1) is 5.69 Å². The maximum atomic E-state index is 14.1. The van der Waals surface area contributed by atoms with Crippen LogP contribution in [0.3, 0.4) is 0 Å². The highest BCUT2D eigenvalue weighted by Crippen LogP contribution is 2.35. The Morgan fingerprint density at radius 3 is 2.28 bits per heavy atom. The minimum absolute atomic E-state index is 0.00615. The Balaban J connectivity index is 2.26. The summed E-state index contributed by atoms with van der Waals surface area (Å²) < 4.78 is 3.97. The number of phenolic OH excluding ortho intramolecular Hbond substituents is 1. The second-order valence-electron chi connectivity index (χ2n) is 9.30. The summed E-state index contributed by atoms with van der Waals surface area (Å²) in [7, 11) is 0. The molecule has 2 aromatic carbocycles. The zero-order valence-electron chi connectivity index (χ0n) is 21.0. The number of aromatic nitrogens is 1. The van der Waals surface area contributed by atoms with Crippen LogP contribution < -0.4 is 21.7 Å². The largest absolute Gasteiger partial charge is 0.508 e. The molecule has 10 heteroatoms. The van der Waals surface area contributed by atoms with E-state index in [4.69, 9.17) is 11.5 Å². The summed E-state index contributed by atoms with van der Waals surface area (Å²) in [6, 6.07) is 10.4. The Morgan fingerprint density at radius 2 is 1.75 bits per heavy atom. The first-order valence-corrected chi connectivity index (χ1v) is 12.2. The normalized spacial score (nSPS) is 12.1. The van der Waals surface area contributed by atoms with Crippen LogP contribution in [0.25, 0.3) is 0 Å². The van der Waals surface area contributed by atoms with Crippen LogP contribution in [0.1, 0.15) is 70.1 Å². The van der Waals surface area contributed by atoms with Gasteiger partial charge in [-0.1, -0.05) is 25.1 Å². The number of aryl methyl sites for hydroxylation is 2. The third kappa shape index (κ3) is 5.49. The predicted molar refractivity (Wildman–Crippen MR) is 141 cm³/mol. The average Bonchev–Trinajstić information content (AvgIpc) is 3.21. The third-order valence-electron chi connectivity index (χ3n) is 6.20. The van der Waals surface area contributed by atoms with Gasteiger partial charge in [-0.05, 0) is 86.6 Å². The van der Waals surface area contributed by atoms with Gasteiger partial charge in [0.15, 0.2) is 5.69 Å². The van der Waals surface area contributed by atoms with Crippen molar-refractivity contribution in [1.82, 2.24) is 9.69 Å². The molecule has 190 valence electrons. The molecule has 0 aliphatic heterocycles. The van der Waals surface area contributed by atoms with Crippen molar-refractivity contribution in [3.63, 3.8) is 0 Å². The fourth-order valence-corrected chi connectivity index (χ4v) is 4.30. The van der Waals surface area contributed by atoms with E-state index in [1.807, 2.05) is 46.8 Å². The van der Waals surface area contributed by atoms with Gasteiger partial charge in [-0.2, -0.15) is 4.37 Å². The smallest absolute Gasteiger partial charge is 0.273 e. The fourth-order valence-electron chi connectivity index (χ4n) is 3.56. The average molecular weight is 510 g/mol. The summed E-state index contributed by atoms with van der Waals surface area (Å²) in [5.41, 5.74) is 13.4. The standard InChI is InChI=1S/C26H31N5O4S/c1-6-26(4,5)29-24(34)21(16-8-11-18(32)12-9-16)31(17-10-7-14(2)15(3)13-17)25(35)22-19(27)20(23(28)33)30-36-22/h7-13,21,32H,6,27H2,1-5H3,(H2,28,33)(H,29,34). The van der Waals surface area contributed by atoms with E-state index in [2.05, 4.69) is 9.69 Å². The third-order valence-corrected chi connectivity index (χ3v) is 7.05. The van der Waals surface area contributed by atoms with Gasteiger partial charge in [0.2, 0.25) is 5.91 Å². The van der Waals surface area contributed by atoms with Crippen molar-refractivity contribution in [2.75, 3.05) is 10.6 Å². The van der Waals surface area contributed by atoms with E-state index in [-0.39, 0.29) is 22.0 Å². The van der Waals surface area contributed by atoms with Crippen LogP contribution >= 0.6 is 11.5 Å². The highest BCUT2D eigenvalue weighted by atomic mass is 32.1. The summed E-state index contributed by atoms with van der Waals surface area (Å²) >= 11 is 0.749. The van der Waals surface area contributed by atoms with Gasteiger partial charge in [0.1, 0.15) is 16.7 Å². The van der Waals surface area contributed by atoms with Gasteiger partial charge < -0.3 is 21.9 Å². The summed E-state index contributed by atoms with van der Waals surface area (Å²) in [6.45, 7) is 9.58. The summed E-state index contributed by atoms with van der Waals surface area (Å²) in [6.07, 6.45) is 0.655. The van der Waals surface area contributed by atoms with Crippen LogP contribution in [0.15, 0.2) is 42.5 Å². The number of benzene rings is 2. The molecule has 3 aromatic rings. The Labute approximate surface area is 214 Å². The van der Waals surface area contributed by atoms with Crippen molar-refractivity contribution in [2.24, 2.45) is 5.73 Å². The molecule has 0 saturated carbocycles. The number of hydrogen-bond acceptors (Lipinski definition) is 7. The molecule has 0 aliphatic rings. The van der Waals surface area contributed by atoms with Crippen molar-refractivity contribution >= 4 is 40.6 Å². The Morgan fingerprint density at radius 1 is 1.11 bits per heavy atom. The first kappa shape index (κ1) is 26.7. The molecule has 0 bridgehead atoms. The fraction of sp³-hybridized carbons (Fsp3) is 0.308. The minimum Gasteiger partial charge on any atom is -0.508 e. The van der Waals surface area contributed by atoms with Gasteiger partial charge >= 0.3 is 0 Å². The second-order valence-corrected chi connectivity index (χ2v) is 10.1. The zero-order valence-corrected chi connectivity index (χ0v) is 21.8. The molecule has 1 atom stereocenters. The van der Waals surface area contributed by atoms with E-state index in [1.54, 1.807) is 18.2 Å². The number of hydrogen-bond donors (Lipinski definition) is 4. The number of amides is 3. The van der Waals surface area contributed by atoms with E-state index >= 15 is 0 Å². The lowest BCUT2D eigenvalue weighted by molar-refractivity contribution is -0.124. The number of nitrogen functional groups attached to an aromatic ring is 1. The molecule has 1 aromatic heterocycles. The molecular weight excluding hydrogens is 478 g/mol. The monoisotopic (exact) mass is 509 g/mol. The number of nitrogens with two attached hydrogens (primary N) is 2. The lowest BCUT2D eigenvalue weighted by atomic mass is 9.97. The Bertz CT molecular complexity index is 1300. The second kappa shape index (κ2) is 10.4. The van der Waals surface area contributed by atoms with Gasteiger partial charge in [-0.15, -0.1) is 0 Å². The minimum atomic E-state index is -1.12. The molecular formula is C26H31N5O4S. The molecule has 0 aliphatic carbocycles. The molecule has 3 rings (SSSR count). The summed E-state index contributed by atoms with van der Waals surface area (Å²) in [5.74, 6) is -1.85. The Hall–Kier alpha value is -3.92. The number of aromatic hydroxyl groups is 1. The topological polar surface area (TPSA) is 152 Å². The van der Waals surface area contributed by atoms with Crippen LogP contribution in [0.4, 0.5) is 11.4 Å². The lowest BCUT2D eigenvalue weighted by Crippen LogP contribution is -2.50. The van der Waals surface area contributed by atoms with Crippen LogP contribution in [-0.4, -0.2) is 32.7 Å². The van der Waals surface area contributed by atoms with Crippen molar-refractivity contribution in [3.8, 4) is 5.75 Å². The lowest BCUT2D eigenvalue weighted by Gasteiger charge is -2.34. The maximum Gasteiger partial charge on any atom is 0.273 e. The van der Waals surface area contributed by atoms with Gasteiger partial charge in [-0.3, -0.25) is 19.3 Å². The van der Waals surface area contributed by atoms with Gasteiger partial charge in [0.25, 0.3) is 11.8 Å². The number of carbonyl (C=O) groups is 3. The molecule has 3 amide bonds. The molecule has 1 heterocycles. The SMILES string of the molecule is CCC(C)(C)NC(=O)C(c1ccc(O)cc1)N(C(=O)c1snc(C(N)=O)c1N)c1ccc(C)c(C)c1. The van der Waals surface area contributed by atoms with Crippen molar-refractivity contribution in [2.45, 2.75) is 52.6 Å². The quantitative estimate of drug-likeness (QED) is 0.362. The van der Waals surface area contributed by atoms with Crippen molar-refractivity contribution in [3.05, 3.63) is 69.7 Å². The number of nitrogens with one attached hydrogen (secondary N) is 1. The molecule has 0 fully saturated rings. The van der Waals surface area contributed by atoms with E-state index in [9.17, 15) is 19.5 Å². The van der Waals surface area contributed by atoms with Gasteiger partial charge in [0, 0.05) is 11.2 Å². The zero-order chi connectivity index (χ0) is 26.8. The number of nitrogens with zero attached hydrogens (tertiary/aromatic N) is 2. The first-order valence-electron chi connectivity index (χ1n) is 11.4. The maximum absolute atomic E-state index is 14.1. The van der Waals surface area contributed by atoms with Gasteiger partial charge in [-0.25, -0.2) is 0 Å².